The quantitative estimate of drug-likeness (QED) is 0.679. The Morgan fingerprint density at radius 2 is 2.05 bits per heavy atom. The van der Waals surface area contributed by atoms with Gasteiger partial charge in [-0.2, -0.15) is 0 Å². The topological polar surface area (TPSA) is 85.9 Å². The maximum atomic E-state index is 11.7. The second-order valence-corrected chi connectivity index (χ2v) is 7.06. The van der Waals surface area contributed by atoms with Gasteiger partial charge >= 0.3 is 0 Å². The first-order valence-electron chi connectivity index (χ1n) is 7.63. The molecule has 22 heavy (non-hydrogen) atoms. The number of allylic oxidation sites excluding steroid dienone is 1. The minimum Gasteiger partial charge on any atom is -0.328 e. The van der Waals surface area contributed by atoms with Crippen LogP contribution in [0.4, 0.5) is 0 Å². The lowest BCUT2D eigenvalue weighted by Crippen LogP contribution is -2.27. The fourth-order valence-corrected chi connectivity index (χ4v) is 3.74. The molecule has 0 aromatic carbocycles. The summed E-state index contributed by atoms with van der Waals surface area (Å²) in [5.74, 6) is 1.28. The lowest BCUT2D eigenvalue weighted by molar-refractivity contribution is -0.119. The van der Waals surface area contributed by atoms with Crippen molar-refractivity contribution < 1.29 is 9.59 Å². The fourth-order valence-electron chi connectivity index (χ4n) is 2.92. The summed E-state index contributed by atoms with van der Waals surface area (Å²) in [6.45, 7) is 0. The Morgan fingerprint density at radius 1 is 1.27 bits per heavy atom. The Labute approximate surface area is 133 Å². The van der Waals surface area contributed by atoms with E-state index in [-0.39, 0.29) is 17.3 Å². The van der Waals surface area contributed by atoms with E-state index < -0.39 is 0 Å². The number of hydrogen-bond donors (Lipinski definition) is 1. The maximum Gasteiger partial charge on any atom is 0.201 e. The predicted octanol–water partition coefficient (Wildman–Crippen LogP) is 2.11. The molecule has 1 aromatic rings. The van der Waals surface area contributed by atoms with Crippen LogP contribution in [0.2, 0.25) is 0 Å². The van der Waals surface area contributed by atoms with Gasteiger partial charge in [-0.3, -0.25) is 9.59 Å². The minimum absolute atomic E-state index is 0.00320. The van der Waals surface area contributed by atoms with Gasteiger partial charge in [0, 0.05) is 18.7 Å². The highest BCUT2D eigenvalue weighted by Crippen LogP contribution is 2.30. The van der Waals surface area contributed by atoms with E-state index in [1.165, 1.54) is 0 Å². The summed E-state index contributed by atoms with van der Waals surface area (Å²) in [4.78, 5) is 32.3. The summed E-state index contributed by atoms with van der Waals surface area (Å²) in [6, 6.07) is 2.11. The van der Waals surface area contributed by atoms with Crippen molar-refractivity contribution in [3.05, 3.63) is 28.7 Å². The molecule has 1 saturated heterocycles. The number of Topliss-reactive ketones (excluding diaryl/α,β-unsaturated/α-hetero) is 1. The fraction of sp³-hybridized carbons (Fsp3) is 0.500. The van der Waals surface area contributed by atoms with Crippen LogP contribution in [0.25, 0.3) is 6.08 Å². The molecule has 116 valence electrons. The third-order valence-corrected chi connectivity index (χ3v) is 5.11. The van der Waals surface area contributed by atoms with Crippen molar-refractivity contribution in [2.45, 2.75) is 44.6 Å². The van der Waals surface area contributed by atoms with Crippen LogP contribution in [0.5, 0.6) is 0 Å². The Hall–Kier alpha value is -1.53. The molecule has 3 rings (SSSR count). The van der Waals surface area contributed by atoms with E-state index in [1.54, 1.807) is 18.3 Å². The van der Waals surface area contributed by atoms with Crippen LogP contribution in [-0.4, -0.2) is 26.9 Å². The molecule has 2 heterocycles. The number of hydrogen-bond acceptors (Lipinski definition) is 6. The molecule has 2 aliphatic rings. The second-order valence-electron chi connectivity index (χ2n) is 5.97. The average molecular weight is 317 g/mol. The molecule has 0 spiro atoms. The highest BCUT2D eigenvalue weighted by Gasteiger charge is 2.26. The molecule has 0 bridgehead atoms. The first-order chi connectivity index (χ1) is 10.6. The molecule has 1 saturated carbocycles. The summed E-state index contributed by atoms with van der Waals surface area (Å²) in [5.41, 5.74) is 6.63. The van der Waals surface area contributed by atoms with Gasteiger partial charge in [0.1, 0.15) is 5.82 Å². The van der Waals surface area contributed by atoms with E-state index in [1.807, 2.05) is 0 Å². The molecule has 1 aliphatic heterocycles. The number of aromatic nitrogens is 2. The molecule has 2 fully saturated rings. The summed E-state index contributed by atoms with van der Waals surface area (Å²) < 4.78 is 0. The third-order valence-electron chi connectivity index (χ3n) is 4.17. The zero-order valence-electron chi connectivity index (χ0n) is 12.3. The maximum absolute atomic E-state index is 11.7. The lowest BCUT2D eigenvalue weighted by Gasteiger charge is -2.25. The van der Waals surface area contributed by atoms with Crippen molar-refractivity contribution in [3.8, 4) is 0 Å². The van der Waals surface area contributed by atoms with Gasteiger partial charge in [-0.05, 0) is 55.5 Å². The van der Waals surface area contributed by atoms with Crippen LogP contribution in [0.3, 0.4) is 0 Å². The summed E-state index contributed by atoms with van der Waals surface area (Å²) >= 11 is 1.01. The molecule has 1 aliphatic carbocycles. The Balaban J connectivity index is 1.69. The lowest BCUT2D eigenvalue weighted by atomic mass is 9.84. The van der Waals surface area contributed by atoms with Crippen molar-refractivity contribution in [2.24, 2.45) is 11.7 Å². The van der Waals surface area contributed by atoms with E-state index in [0.717, 1.165) is 49.7 Å². The number of nitrogens with two attached hydrogens (primary N) is 1. The first kappa shape index (κ1) is 15.4. The van der Waals surface area contributed by atoms with Gasteiger partial charge in [0.05, 0.1) is 17.0 Å². The summed E-state index contributed by atoms with van der Waals surface area (Å²) in [7, 11) is 0. The Bertz CT molecular complexity index is 622. The number of thioether (sulfide) groups is 1. The van der Waals surface area contributed by atoms with Crippen molar-refractivity contribution in [2.75, 3.05) is 0 Å². The zero-order valence-corrected chi connectivity index (χ0v) is 13.1. The highest BCUT2D eigenvalue weighted by atomic mass is 32.2. The van der Waals surface area contributed by atoms with Gasteiger partial charge in [0.25, 0.3) is 0 Å². The normalized spacial score (nSPS) is 27.6. The highest BCUT2D eigenvalue weighted by molar-refractivity contribution is 8.18. The van der Waals surface area contributed by atoms with Gasteiger partial charge in [-0.1, -0.05) is 0 Å². The molecule has 5 nitrogen and oxygen atoms in total. The zero-order chi connectivity index (χ0) is 15.5. The SMILES string of the molecule is NC1CCC(Cc2nccc(/C=C3\SC(=O)CC3=O)n2)CC1. The predicted molar refractivity (Wildman–Crippen MR) is 85.9 cm³/mol. The van der Waals surface area contributed by atoms with Crippen LogP contribution in [0.15, 0.2) is 17.2 Å². The smallest absolute Gasteiger partial charge is 0.201 e. The van der Waals surface area contributed by atoms with E-state index in [2.05, 4.69) is 9.97 Å². The Morgan fingerprint density at radius 3 is 2.73 bits per heavy atom. The second kappa shape index (κ2) is 6.71. The van der Waals surface area contributed by atoms with Crippen molar-refractivity contribution in [3.63, 3.8) is 0 Å². The van der Waals surface area contributed by atoms with Crippen molar-refractivity contribution >= 4 is 28.7 Å². The standard InChI is InChI=1S/C16H19N3O2S/c17-11-3-1-10(2-4-11)7-15-18-6-5-12(19-15)8-14-13(20)9-16(21)22-14/h5-6,8,10-11H,1-4,7,9,17H2/b14-8-. The van der Waals surface area contributed by atoms with Crippen molar-refractivity contribution in [1.29, 1.82) is 0 Å². The molecule has 1 aromatic heterocycles. The minimum atomic E-state index is -0.114. The van der Waals surface area contributed by atoms with E-state index >= 15 is 0 Å². The number of carbonyl (C=O) groups excluding carboxylic acids is 2. The number of ketones is 1. The first-order valence-corrected chi connectivity index (χ1v) is 8.45. The van der Waals surface area contributed by atoms with Crippen molar-refractivity contribution in [1.82, 2.24) is 9.97 Å². The molecule has 0 unspecified atom stereocenters. The number of rotatable bonds is 3. The summed E-state index contributed by atoms with van der Waals surface area (Å²) in [6.07, 6.45) is 8.65. The van der Waals surface area contributed by atoms with Gasteiger partial charge in [0.2, 0.25) is 5.12 Å². The van der Waals surface area contributed by atoms with E-state index in [4.69, 9.17) is 5.73 Å². The molecular formula is C16H19N3O2S. The molecule has 0 radical (unpaired) electrons. The largest absolute Gasteiger partial charge is 0.328 e. The molecule has 6 heteroatoms. The van der Waals surface area contributed by atoms with Crippen LogP contribution < -0.4 is 5.73 Å². The monoisotopic (exact) mass is 317 g/mol. The number of nitrogens with zero attached hydrogens (tertiary/aromatic N) is 2. The van der Waals surface area contributed by atoms with Crippen LogP contribution in [0, 0.1) is 5.92 Å². The van der Waals surface area contributed by atoms with Crippen LogP contribution >= 0.6 is 11.8 Å². The van der Waals surface area contributed by atoms with Gasteiger partial charge in [-0.25, -0.2) is 9.97 Å². The summed E-state index contributed by atoms with van der Waals surface area (Å²) in [5, 5.41) is -0.0935. The van der Waals surface area contributed by atoms with Crippen LogP contribution in [0.1, 0.15) is 43.6 Å². The third kappa shape index (κ3) is 3.81. The molecular weight excluding hydrogens is 298 g/mol. The number of carbonyl (C=O) groups is 2. The van der Waals surface area contributed by atoms with Gasteiger partial charge < -0.3 is 5.73 Å². The molecule has 2 N–H and O–H groups in total. The van der Waals surface area contributed by atoms with E-state index in [9.17, 15) is 9.59 Å². The Kier molecular flexibility index (Phi) is 4.69. The van der Waals surface area contributed by atoms with Crippen LogP contribution in [-0.2, 0) is 16.0 Å². The average Bonchev–Trinajstić information content (AvgIpc) is 2.80. The molecule has 0 atom stereocenters. The van der Waals surface area contributed by atoms with Gasteiger partial charge in [-0.15, -0.1) is 0 Å². The van der Waals surface area contributed by atoms with E-state index in [0.29, 0.717) is 22.6 Å². The van der Waals surface area contributed by atoms with Gasteiger partial charge in [0.15, 0.2) is 5.78 Å². The molecule has 0 amide bonds.